The maximum Gasteiger partial charge on any atom is 0.282 e. The Bertz CT molecular complexity index is 728. The van der Waals surface area contributed by atoms with Gasteiger partial charge in [0.2, 0.25) is 5.03 Å². The number of nitrogens with one attached hydrogen (secondary N) is 1. The molecule has 0 bridgehead atoms. The lowest BCUT2D eigenvalue weighted by Crippen LogP contribution is -2.14. The zero-order valence-corrected chi connectivity index (χ0v) is 11.8. The van der Waals surface area contributed by atoms with Crippen LogP contribution in [0.3, 0.4) is 0 Å². The van der Waals surface area contributed by atoms with E-state index in [0.29, 0.717) is 5.56 Å². The molecule has 0 fully saturated rings. The second-order valence-corrected chi connectivity index (χ2v) is 5.98. The van der Waals surface area contributed by atoms with Crippen molar-refractivity contribution in [1.82, 2.24) is 9.55 Å². The molecule has 1 heterocycles. The summed E-state index contributed by atoms with van der Waals surface area (Å²) < 4.78 is 40.9. The Labute approximate surface area is 115 Å². The summed E-state index contributed by atoms with van der Waals surface area (Å²) in [6, 6.07) is 3.91. The number of nitrogens with zero attached hydrogens (tertiary/aromatic N) is 2. The van der Waals surface area contributed by atoms with Crippen molar-refractivity contribution >= 4 is 27.3 Å². The van der Waals surface area contributed by atoms with Crippen LogP contribution in [0.1, 0.15) is 5.56 Å². The molecule has 0 unspecified atom stereocenters. The van der Waals surface area contributed by atoms with Crippen molar-refractivity contribution in [3.8, 4) is 0 Å². The van der Waals surface area contributed by atoms with Crippen LogP contribution in [0.5, 0.6) is 0 Å². The van der Waals surface area contributed by atoms with Crippen molar-refractivity contribution in [3.63, 3.8) is 0 Å². The molecule has 0 aliphatic carbocycles. The van der Waals surface area contributed by atoms with E-state index >= 15 is 0 Å². The van der Waals surface area contributed by atoms with Gasteiger partial charge < -0.3 is 4.57 Å². The fourth-order valence-corrected chi connectivity index (χ4v) is 2.97. The van der Waals surface area contributed by atoms with E-state index in [-0.39, 0.29) is 15.9 Å². The van der Waals surface area contributed by atoms with Gasteiger partial charge in [-0.15, -0.1) is 0 Å². The summed E-state index contributed by atoms with van der Waals surface area (Å²) >= 11 is 5.84. The van der Waals surface area contributed by atoms with Crippen LogP contribution in [0, 0.1) is 12.7 Å². The fourth-order valence-electron chi connectivity index (χ4n) is 1.49. The second kappa shape index (κ2) is 4.82. The number of aromatic nitrogens is 2. The lowest BCUT2D eigenvalue weighted by atomic mass is 10.2. The molecule has 0 radical (unpaired) electrons. The van der Waals surface area contributed by atoms with Crippen LogP contribution in [0.25, 0.3) is 0 Å². The van der Waals surface area contributed by atoms with E-state index in [2.05, 4.69) is 9.71 Å². The zero-order valence-electron chi connectivity index (χ0n) is 10.2. The van der Waals surface area contributed by atoms with E-state index in [9.17, 15) is 12.8 Å². The molecule has 8 heteroatoms. The second-order valence-electron chi connectivity index (χ2n) is 4.02. The van der Waals surface area contributed by atoms with Crippen molar-refractivity contribution in [2.75, 3.05) is 4.72 Å². The van der Waals surface area contributed by atoms with E-state index in [1.165, 1.54) is 29.1 Å². The average Bonchev–Trinajstić information content (AvgIpc) is 2.65. The summed E-state index contributed by atoms with van der Waals surface area (Å²) in [5, 5.41) is -0.259. The van der Waals surface area contributed by atoms with E-state index in [0.717, 1.165) is 0 Å². The molecule has 102 valence electrons. The number of sulfonamides is 1. The van der Waals surface area contributed by atoms with Gasteiger partial charge in [0.15, 0.2) is 0 Å². The smallest absolute Gasteiger partial charge is 0.282 e. The molecule has 0 aliphatic heterocycles. The third kappa shape index (κ3) is 2.71. The first-order valence-corrected chi connectivity index (χ1v) is 7.13. The van der Waals surface area contributed by atoms with Gasteiger partial charge in [-0.25, -0.2) is 9.37 Å². The third-order valence-corrected chi connectivity index (χ3v) is 4.37. The molecule has 1 aromatic heterocycles. The van der Waals surface area contributed by atoms with Gasteiger partial charge in [-0.05, 0) is 30.7 Å². The van der Waals surface area contributed by atoms with Crippen LogP contribution in [0.15, 0.2) is 29.6 Å². The number of imidazole rings is 1. The summed E-state index contributed by atoms with van der Waals surface area (Å²) in [4.78, 5) is 3.73. The van der Waals surface area contributed by atoms with Crippen molar-refractivity contribution in [2.24, 2.45) is 7.05 Å². The highest BCUT2D eigenvalue weighted by Crippen LogP contribution is 2.22. The van der Waals surface area contributed by atoms with Gasteiger partial charge in [-0.1, -0.05) is 11.6 Å². The first-order valence-electron chi connectivity index (χ1n) is 5.27. The standard InChI is InChI=1S/C11H11ClFN3O2S/c1-7-5-8(3-4-9(7)13)15-19(17,18)11-10(12)16(2)6-14-11/h3-6,15H,1-2H3. The number of hydrogen-bond acceptors (Lipinski definition) is 3. The predicted molar refractivity (Wildman–Crippen MR) is 70.2 cm³/mol. The minimum Gasteiger partial charge on any atom is -0.324 e. The number of aryl methyl sites for hydroxylation is 2. The highest BCUT2D eigenvalue weighted by Gasteiger charge is 2.22. The molecule has 5 nitrogen and oxygen atoms in total. The van der Waals surface area contributed by atoms with Crippen LogP contribution in [-0.4, -0.2) is 18.0 Å². The molecular weight excluding hydrogens is 293 g/mol. The molecule has 0 aliphatic rings. The molecule has 0 saturated carbocycles. The van der Waals surface area contributed by atoms with Gasteiger partial charge in [0.1, 0.15) is 11.0 Å². The molecule has 2 rings (SSSR count). The van der Waals surface area contributed by atoms with E-state index < -0.39 is 15.8 Å². The SMILES string of the molecule is Cc1cc(NS(=O)(=O)c2ncn(C)c2Cl)ccc1F. The first kappa shape index (κ1) is 13.8. The Balaban J connectivity index is 2.36. The summed E-state index contributed by atoms with van der Waals surface area (Å²) in [6.45, 7) is 1.54. The molecule has 19 heavy (non-hydrogen) atoms. The summed E-state index contributed by atoms with van der Waals surface area (Å²) in [5.74, 6) is -0.404. The number of hydrogen-bond donors (Lipinski definition) is 1. The van der Waals surface area contributed by atoms with Crippen LogP contribution in [-0.2, 0) is 17.1 Å². The zero-order chi connectivity index (χ0) is 14.2. The van der Waals surface area contributed by atoms with Crippen molar-refractivity contribution in [2.45, 2.75) is 11.9 Å². The van der Waals surface area contributed by atoms with Gasteiger partial charge in [0.25, 0.3) is 10.0 Å². The number of anilines is 1. The number of benzene rings is 1. The van der Waals surface area contributed by atoms with E-state index in [1.807, 2.05) is 0 Å². The molecule has 0 atom stereocenters. The average molecular weight is 304 g/mol. The number of halogens is 2. The lowest BCUT2D eigenvalue weighted by molar-refractivity contribution is 0.598. The van der Waals surface area contributed by atoms with Crippen molar-refractivity contribution in [1.29, 1.82) is 0 Å². The predicted octanol–water partition coefficient (Wildman–Crippen LogP) is 2.32. The van der Waals surface area contributed by atoms with Gasteiger partial charge in [0, 0.05) is 12.7 Å². The normalized spacial score (nSPS) is 11.6. The molecule has 0 saturated heterocycles. The van der Waals surface area contributed by atoms with Crippen LogP contribution in [0.2, 0.25) is 5.15 Å². The fraction of sp³-hybridized carbons (Fsp3) is 0.182. The third-order valence-electron chi connectivity index (χ3n) is 2.50. The van der Waals surface area contributed by atoms with Crippen LogP contribution < -0.4 is 4.72 Å². The lowest BCUT2D eigenvalue weighted by Gasteiger charge is -2.07. The largest absolute Gasteiger partial charge is 0.324 e. The molecular formula is C11H11ClFN3O2S. The minimum absolute atomic E-state index is 0.00586. The van der Waals surface area contributed by atoms with Gasteiger partial charge in [-0.2, -0.15) is 8.42 Å². The molecule has 1 aromatic carbocycles. The van der Waals surface area contributed by atoms with Crippen molar-refractivity contribution < 1.29 is 12.8 Å². The summed E-state index contributed by atoms with van der Waals surface area (Å²) in [7, 11) is -2.31. The Morgan fingerprint density at radius 2 is 2.11 bits per heavy atom. The monoisotopic (exact) mass is 303 g/mol. The Morgan fingerprint density at radius 3 is 2.63 bits per heavy atom. The molecule has 1 N–H and O–H groups in total. The van der Waals surface area contributed by atoms with E-state index in [1.54, 1.807) is 14.0 Å². The Hall–Kier alpha value is -1.60. The Morgan fingerprint density at radius 1 is 1.42 bits per heavy atom. The van der Waals surface area contributed by atoms with Gasteiger partial charge >= 0.3 is 0 Å². The highest BCUT2D eigenvalue weighted by molar-refractivity contribution is 7.92. The summed E-state index contributed by atoms with van der Waals surface area (Å²) in [5.41, 5.74) is 0.591. The maximum atomic E-state index is 13.1. The molecule has 2 aromatic rings. The topological polar surface area (TPSA) is 64.0 Å². The molecule has 0 amide bonds. The van der Waals surface area contributed by atoms with Gasteiger partial charge in [-0.3, -0.25) is 4.72 Å². The summed E-state index contributed by atoms with van der Waals surface area (Å²) in [6.07, 6.45) is 1.30. The quantitative estimate of drug-likeness (QED) is 0.946. The van der Waals surface area contributed by atoms with Gasteiger partial charge in [0.05, 0.1) is 6.33 Å². The van der Waals surface area contributed by atoms with Crippen LogP contribution in [0.4, 0.5) is 10.1 Å². The maximum absolute atomic E-state index is 13.1. The first-order chi connectivity index (χ1) is 8.81. The Kier molecular flexibility index (Phi) is 3.51. The highest BCUT2D eigenvalue weighted by atomic mass is 35.5. The van der Waals surface area contributed by atoms with Crippen molar-refractivity contribution in [3.05, 3.63) is 41.1 Å². The van der Waals surface area contributed by atoms with E-state index in [4.69, 9.17) is 11.6 Å². The molecule has 0 spiro atoms. The number of rotatable bonds is 3. The minimum atomic E-state index is -3.89. The van der Waals surface area contributed by atoms with Crippen LogP contribution >= 0.6 is 11.6 Å².